The van der Waals surface area contributed by atoms with E-state index in [-0.39, 0.29) is 11.4 Å². The van der Waals surface area contributed by atoms with Crippen LogP contribution in [0.2, 0.25) is 0 Å². The maximum Gasteiger partial charge on any atom is 0.294 e. The number of thiocarbonyl (C=S) groups is 1. The van der Waals surface area contributed by atoms with E-state index in [4.69, 9.17) is 12.2 Å². The molecule has 1 amide bonds. The first-order chi connectivity index (χ1) is 12.5. The Labute approximate surface area is 157 Å². The van der Waals surface area contributed by atoms with Gasteiger partial charge in [0, 0.05) is 6.04 Å². The first kappa shape index (κ1) is 18.2. The number of hydrogen-bond acceptors (Lipinski definition) is 4. The van der Waals surface area contributed by atoms with Crippen molar-refractivity contribution in [1.29, 1.82) is 0 Å². The second-order valence-corrected chi connectivity index (χ2v) is 6.97. The standard InChI is InChI=1S/C18H23N5O2S/c1-12-7-5-6-10-14(12)19-18(26)21-20-17(25)16-15(24)11-23(22-16)13-8-3-2-4-9-13/h2-4,8-9,11-12,14,24H,5-7,10H2,1H3,(H,20,25)(H2,19,21,26)/t12-,14-/m1/s1. The lowest BCUT2D eigenvalue weighted by atomic mass is 9.86. The van der Waals surface area contributed by atoms with Gasteiger partial charge in [0.05, 0.1) is 11.9 Å². The van der Waals surface area contributed by atoms with E-state index >= 15 is 0 Å². The van der Waals surface area contributed by atoms with E-state index < -0.39 is 5.91 Å². The molecular weight excluding hydrogens is 350 g/mol. The van der Waals surface area contributed by atoms with Crippen LogP contribution < -0.4 is 16.2 Å². The number of carbonyl (C=O) groups excluding carboxylic acids is 1. The summed E-state index contributed by atoms with van der Waals surface area (Å²) in [5.41, 5.74) is 5.84. The monoisotopic (exact) mass is 373 g/mol. The first-order valence-electron chi connectivity index (χ1n) is 8.75. The van der Waals surface area contributed by atoms with E-state index in [0.717, 1.165) is 12.1 Å². The van der Waals surface area contributed by atoms with Crippen molar-refractivity contribution < 1.29 is 9.90 Å². The summed E-state index contributed by atoms with van der Waals surface area (Å²) in [6.45, 7) is 2.20. The van der Waals surface area contributed by atoms with Gasteiger partial charge in [-0.15, -0.1) is 0 Å². The third-order valence-corrected chi connectivity index (χ3v) is 4.87. The SMILES string of the molecule is C[C@@H]1CCCC[C@H]1NC(=S)NNC(=O)c1nn(-c2ccccc2)cc1O. The summed E-state index contributed by atoms with van der Waals surface area (Å²) in [7, 11) is 0. The zero-order valence-corrected chi connectivity index (χ0v) is 15.4. The number of hydrogen-bond donors (Lipinski definition) is 4. The fourth-order valence-corrected chi connectivity index (χ4v) is 3.35. The van der Waals surface area contributed by atoms with Crippen molar-refractivity contribution in [2.75, 3.05) is 0 Å². The Morgan fingerprint density at radius 2 is 1.96 bits per heavy atom. The molecule has 0 spiro atoms. The number of amides is 1. The van der Waals surface area contributed by atoms with Crippen LogP contribution in [0.15, 0.2) is 36.5 Å². The first-order valence-corrected chi connectivity index (χ1v) is 9.16. The second kappa shape index (κ2) is 8.18. The van der Waals surface area contributed by atoms with Crippen molar-refractivity contribution in [2.24, 2.45) is 5.92 Å². The average Bonchev–Trinajstić information content (AvgIpc) is 3.04. The highest BCUT2D eigenvalue weighted by Crippen LogP contribution is 2.23. The molecule has 138 valence electrons. The smallest absolute Gasteiger partial charge is 0.294 e. The van der Waals surface area contributed by atoms with E-state index in [2.05, 4.69) is 28.2 Å². The second-order valence-electron chi connectivity index (χ2n) is 6.56. The topological polar surface area (TPSA) is 91.2 Å². The molecule has 2 aromatic rings. The summed E-state index contributed by atoms with van der Waals surface area (Å²) in [5.74, 6) is -0.212. The van der Waals surface area contributed by atoms with E-state index in [1.807, 2.05) is 30.3 Å². The van der Waals surface area contributed by atoms with Crippen LogP contribution in [0.5, 0.6) is 5.75 Å². The van der Waals surface area contributed by atoms with Crippen LogP contribution in [0.25, 0.3) is 5.69 Å². The molecule has 26 heavy (non-hydrogen) atoms. The summed E-state index contributed by atoms with van der Waals surface area (Å²) >= 11 is 5.25. The molecule has 3 rings (SSSR count). The number of hydrazine groups is 1. The van der Waals surface area contributed by atoms with Crippen molar-refractivity contribution in [3.05, 3.63) is 42.2 Å². The van der Waals surface area contributed by atoms with E-state index in [1.54, 1.807) is 0 Å². The van der Waals surface area contributed by atoms with Crippen LogP contribution >= 0.6 is 12.2 Å². The molecule has 0 aliphatic heterocycles. The Kier molecular flexibility index (Phi) is 5.72. The predicted molar refractivity (Wildman–Crippen MR) is 103 cm³/mol. The molecule has 2 atom stereocenters. The van der Waals surface area contributed by atoms with Crippen LogP contribution in [0.3, 0.4) is 0 Å². The summed E-state index contributed by atoms with van der Waals surface area (Å²) in [6.07, 6.45) is 6.07. The van der Waals surface area contributed by atoms with Gasteiger partial charge in [0.2, 0.25) is 0 Å². The Bertz CT molecular complexity index is 777. The maximum absolute atomic E-state index is 12.3. The molecule has 1 heterocycles. The summed E-state index contributed by atoms with van der Waals surface area (Å²) < 4.78 is 1.45. The van der Waals surface area contributed by atoms with Gasteiger partial charge in [-0.2, -0.15) is 5.10 Å². The minimum Gasteiger partial charge on any atom is -0.504 e. The van der Waals surface area contributed by atoms with Gasteiger partial charge in [0.25, 0.3) is 5.91 Å². The van der Waals surface area contributed by atoms with Gasteiger partial charge in [0.1, 0.15) is 0 Å². The molecule has 1 aliphatic carbocycles. The number of benzene rings is 1. The average molecular weight is 373 g/mol. The van der Waals surface area contributed by atoms with Gasteiger partial charge in [-0.3, -0.25) is 15.6 Å². The fourth-order valence-electron chi connectivity index (χ4n) is 3.15. The normalized spacial score (nSPS) is 19.6. The van der Waals surface area contributed by atoms with Crippen LogP contribution in [0.4, 0.5) is 0 Å². The van der Waals surface area contributed by atoms with Crippen LogP contribution in [-0.4, -0.2) is 31.9 Å². The zero-order valence-electron chi connectivity index (χ0n) is 14.6. The summed E-state index contributed by atoms with van der Waals surface area (Å²) in [5, 5.41) is 17.7. The number of aromatic nitrogens is 2. The minimum absolute atomic E-state index is 0.0739. The molecule has 0 bridgehead atoms. The zero-order chi connectivity index (χ0) is 18.5. The van der Waals surface area contributed by atoms with Gasteiger partial charge in [-0.05, 0) is 43.1 Å². The number of carbonyl (C=O) groups is 1. The van der Waals surface area contributed by atoms with E-state index in [0.29, 0.717) is 17.1 Å². The van der Waals surface area contributed by atoms with Crippen molar-refractivity contribution in [3.63, 3.8) is 0 Å². The lowest BCUT2D eigenvalue weighted by Gasteiger charge is -2.30. The Balaban J connectivity index is 1.56. The van der Waals surface area contributed by atoms with Crippen LogP contribution in [0.1, 0.15) is 43.1 Å². The molecule has 1 aromatic heterocycles. The minimum atomic E-state index is -0.557. The molecule has 7 nitrogen and oxygen atoms in total. The Morgan fingerprint density at radius 1 is 1.23 bits per heavy atom. The highest BCUT2D eigenvalue weighted by Gasteiger charge is 2.22. The number of nitrogens with zero attached hydrogens (tertiary/aromatic N) is 2. The molecule has 4 N–H and O–H groups in total. The lowest BCUT2D eigenvalue weighted by Crippen LogP contribution is -2.51. The van der Waals surface area contributed by atoms with E-state index in [9.17, 15) is 9.90 Å². The molecule has 0 unspecified atom stereocenters. The molecule has 1 fully saturated rings. The Morgan fingerprint density at radius 3 is 2.69 bits per heavy atom. The molecular formula is C18H23N5O2S. The van der Waals surface area contributed by atoms with Gasteiger partial charge < -0.3 is 10.4 Å². The van der Waals surface area contributed by atoms with Crippen molar-refractivity contribution >= 4 is 23.2 Å². The van der Waals surface area contributed by atoms with Gasteiger partial charge in [-0.25, -0.2) is 4.68 Å². The molecule has 1 aliphatic rings. The van der Waals surface area contributed by atoms with Crippen LogP contribution in [-0.2, 0) is 0 Å². The fraction of sp³-hybridized carbons (Fsp3) is 0.389. The summed E-state index contributed by atoms with van der Waals surface area (Å²) in [6, 6.07) is 9.56. The lowest BCUT2D eigenvalue weighted by molar-refractivity contribution is 0.0935. The van der Waals surface area contributed by atoms with Crippen molar-refractivity contribution in [1.82, 2.24) is 25.9 Å². The van der Waals surface area contributed by atoms with Gasteiger partial charge in [-0.1, -0.05) is 38.0 Å². The number of aromatic hydroxyl groups is 1. The quantitative estimate of drug-likeness (QED) is 0.487. The molecule has 0 saturated heterocycles. The Hall–Kier alpha value is -2.61. The predicted octanol–water partition coefficient (Wildman–Crippen LogP) is 2.27. The summed E-state index contributed by atoms with van der Waals surface area (Å²) in [4.78, 5) is 12.3. The molecule has 1 aromatic carbocycles. The number of para-hydroxylation sites is 1. The third kappa shape index (κ3) is 4.32. The number of nitrogens with one attached hydrogen (secondary N) is 3. The molecule has 8 heteroatoms. The highest BCUT2D eigenvalue weighted by molar-refractivity contribution is 7.80. The largest absolute Gasteiger partial charge is 0.504 e. The maximum atomic E-state index is 12.3. The number of rotatable bonds is 3. The van der Waals surface area contributed by atoms with Crippen LogP contribution in [0, 0.1) is 5.92 Å². The molecule has 1 saturated carbocycles. The highest BCUT2D eigenvalue weighted by atomic mass is 32.1. The van der Waals surface area contributed by atoms with Gasteiger partial charge in [0.15, 0.2) is 16.6 Å². The van der Waals surface area contributed by atoms with Gasteiger partial charge >= 0.3 is 0 Å². The van der Waals surface area contributed by atoms with Crippen molar-refractivity contribution in [2.45, 2.75) is 38.6 Å². The van der Waals surface area contributed by atoms with Crippen molar-refractivity contribution in [3.8, 4) is 11.4 Å². The van der Waals surface area contributed by atoms with E-state index in [1.165, 1.54) is 30.1 Å². The third-order valence-electron chi connectivity index (χ3n) is 4.65. The molecule has 0 radical (unpaired) electrons.